The predicted octanol–water partition coefficient (Wildman–Crippen LogP) is 4.10. The molecule has 0 bridgehead atoms. The summed E-state index contributed by atoms with van der Waals surface area (Å²) >= 11 is 0. The van der Waals surface area contributed by atoms with Gasteiger partial charge < -0.3 is 5.32 Å². The number of hydrogen-bond donors (Lipinski definition) is 1. The molecule has 1 N–H and O–H groups in total. The number of hydrogen-bond acceptors (Lipinski definition) is 1. The zero-order valence-corrected chi connectivity index (χ0v) is 12.0. The van der Waals surface area contributed by atoms with E-state index < -0.39 is 0 Å². The van der Waals surface area contributed by atoms with Gasteiger partial charge in [-0.25, -0.2) is 4.39 Å². The minimum absolute atomic E-state index is 0.0354. The highest BCUT2D eigenvalue weighted by Gasteiger charge is 2.45. The van der Waals surface area contributed by atoms with Crippen LogP contribution < -0.4 is 5.32 Å². The average molecular weight is 261 g/mol. The molecule has 0 heterocycles. The van der Waals surface area contributed by atoms with Crippen LogP contribution in [-0.4, -0.2) is 12.6 Å². The first-order valence-electron chi connectivity index (χ1n) is 7.58. The van der Waals surface area contributed by atoms with Gasteiger partial charge in [0.1, 0.15) is 5.82 Å². The second-order valence-corrected chi connectivity index (χ2v) is 6.78. The van der Waals surface area contributed by atoms with E-state index in [9.17, 15) is 4.39 Å². The lowest BCUT2D eigenvalue weighted by Crippen LogP contribution is -2.43. The van der Waals surface area contributed by atoms with E-state index in [1.165, 1.54) is 12.8 Å². The number of nitrogens with one attached hydrogen (secondary N) is 1. The molecule has 0 aromatic heterocycles. The van der Waals surface area contributed by atoms with Crippen LogP contribution in [-0.2, 0) is 0 Å². The Labute approximate surface area is 115 Å². The Morgan fingerprint density at radius 1 is 1.26 bits per heavy atom. The summed E-state index contributed by atoms with van der Waals surface area (Å²) in [6, 6.07) is 7.82. The van der Waals surface area contributed by atoms with Crippen LogP contribution >= 0.6 is 0 Å². The van der Waals surface area contributed by atoms with Crippen LogP contribution in [0.1, 0.15) is 51.0 Å². The van der Waals surface area contributed by atoms with Crippen LogP contribution in [0.4, 0.5) is 4.39 Å². The Hall–Kier alpha value is -0.890. The lowest BCUT2D eigenvalue weighted by molar-refractivity contribution is 0.244. The van der Waals surface area contributed by atoms with Crippen molar-refractivity contribution in [1.82, 2.24) is 5.32 Å². The maximum absolute atomic E-state index is 13.7. The zero-order chi connectivity index (χ0) is 13.5. The molecule has 0 spiro atoms. The van der Waals surface area contributed by atoms with Crippen LogP contribution in [0.15, 0.2) is 24.3 Å². The first-order valence-corrected chi connectivity index (χ1v) is 7.58. The smallest absolute Gasteiger partial charge is 0.126 e. The molecule has 0 saturated heterocycles. The van der Waals surface area contributed by atoms with Gasteiger partial charge in [-0.15, -0.1) is 0 Å². The second-order valence-electron chi connectivity index (χ2n) is 6.78. The summed E-state index contributed by atoms with van der Waals surface area (Å²) in [5.74, 6) is 1.17. The highest BCUT2D eigenvalue weighted by Crippen LogP contribution is 2.51. The molecular weight excluding hydrogens is 237 g/mol. The summed E-state index contributed by atoms with van der Waals surface area (Å²) in [6.45, 7) is 5.81. The molecular formula is C17H24FN. The van der Waals surface area contributed by atoms with Gasteiger partial charge >= 0.3 is 0 Å². The third-order valence-electron chi connectivity index (χ3n) is 5.34. The average Bonchev–Trinajstić information content (AvgIpc) is 3.10. The SMILES string of the molecule is CC(C)C1(CNC2CC(c3ccccc3F)C2)CC1. The minimum atomic E-state index is -0.0354. The van der Waals surface area contributed by atoms with Gasteiger partial charge in [-0.3, -0.25) is 0 Å². The lowest BCUT2D eigenvalue weighted by Gasteiger charge is -2.38. The van der Waals surface area contributed by atoms with Gasteiger partial charge in [0.25, 0.3) is 0 Å². The van der Waals surface area contributed by atoms with Crippen molar-refractivity contribution in [2.24, 2.45) is 11.3 Å². The number of halogens is 1. The van der Waals surface area contributed by atoms with E-state index in [1.54, 1.807) is 12.1 Å². The monoisotopic (exact) mass is 261 g/mol. The van der Waals surface area contributed by atoms with Crippen LogP contribution in [0.5, 0.6) is 0 Å². The quantitative estimate of drug-likeness (QED) is 0.841. The van der Waals surface area contributed by atoms with Crippen molar-refractivity contribution in [3.05, 3.63) is 35.6 Å². The fourth-order valence-electron chi connectivity index (χ4n) is 3.31. The summed E-state index contributed by atoms with van der Waals surface area (Å²) in [4.78, 5) is 0. The summed E-state index contributed by atoms with van der Waals surface area (Å²) in [5, 5.41) is 3.70. The van der Waals surface area contributed by atoms with Gasteiger partial charge in [-0.05, 0) is 54.6 Å². The molecule has 2 aliphatic rings. The second kappa shape index (κ2) is 4.90. The van der Waals surface area contributed by atoms with Crippen molar-refractivity contribution in [2.45, 2.75) is 51.5 Å². The van der Waals surface area contributed by atoms with Crippen LogP contribution in [0, 0.1) is 17.2 Å². The van der Waals surface area contributed by atoms with Crippen molar-refractivity contribution < 1.29 is 4.39 Å². The normalized spacial score (nSPS) is 28.2. The predicted molar refractivity (Wildman–Crippen MR) is 76.7 cm³/mol. The molecule has 2 aliphatic carbocycles. The topological polar surface area (TPSA) is 12.0 Å². The fourth-order valence-corrected chi connectivity index (χ4v) is 3.31. The van der Waals surface area contributed by atoms with Gasteiger partial charge in [0, 0.05) is 12.6 Å². The summed E-state index contributed by atoms with van der Waals surface area (Å²) in [6.07, 6.45) is 4.94. The first-order chi connectivity index (χ1) is 9.11. The van der Waals surface area contributed by atoms with E-state index in [0.717, 1.165) is 30.9 Å². The Morgan fingerprint density at radius 3 is 2.53 bits per heavy atom. The van der Waals surface area contributed by atoms with E-state index >= 15 is 0 Å². The molecule has 2 fully saturated rings. The van der Waals surface area contributed by atoms with Gasteiger partial charge in [0.05, 0.1) is 0 Å². The molecule has 0 amide bonds. The molecule has 0 radical (unpaired) electrons. The molecule has 1 aromatic rings. The molecule has 2 saturated carbocycles. The van der Waals surface area contributed by atoms with Crippen LogP contribution in [0.25, 0.3) is 0 Å². The Bertz CT molecular complexity index is 444. The molecule has 3 rings (SSSR count). The number of benzene rings is 1. The van der Waals surface area contributed by atoms with Gasteiger partial charge in [-0.1, -0.05) is 32.0 Å². The van der Waals surface area contributed by atoms with Gasteiger partial charge in [0.2, 0.25) is 0 Å². The summed E-state index contributed by atoms with van der Waals surface area (Å²) in [7, 11) is 0. The van der Waals surface area contributed by atoms with Crippen molar-refractivity contribution in [2.75, 3.05) is 6.54 Å². The van der Waals surface area contributed by atoms with Crippen LogP contribution in [0.2, 0.25) is 0 Å². The first kappa shape index (κ1) is 13.1. The highest BCUT2D eigenvalue weighted by atomic mass is 19.1. The zero-order valence-electron chi connectivity index (χ0n) is 12.0. The Morgan fingerprint density at radius 2 is 1.95 bits per heavy atom. The largest absolute Gasteiger partial charge is 0.313 e. The Balaban J connectivity index is 1.47. The molecule has 0 aliphatic heterocycles. The molecule has 0 atom stereocenters. The van der Waals surface area contributed by atoms with Crippen molar-refractivity contribution in [3.63, 3.8) is 0 Å². The lowest BCUT2D eigenvalue weighted by atomic mass is 9.75. The molecule has 104 valence electrons. The highest BCUT2D eigenvalue weighted by molar-refractivity contribution is 5.24. The molecule has 19 heavy (non-hydrogen) atoms. The fraction of sp³-hybridized carbons (Fsp3) is 0.647. The van der Waals surface area contributed by atoms with Crippen molar-refractivity contribution in [1.29, 1.82) is 0 Å². The third kappa shape index (κ3) is 2.55. The molecule has 1 nitrogen and oxygen atoms in total. The summed E-state index contributed by atoms with van der Waals surface area (Å²) in [5.41, 5.74) is 1.48. The minimum Gasteiger partial charge on any atom is -0.313 e. The van der Waals surface area contributed by atoms with E-state index in [1.807, 2.05) is 12.1 Å². The Kier molecular flexibility index (Phi) is 3.38. The maximum atomic E-state index is 13.7. The molecule has 0 unspecified atom stereocenters. The van der Waals surface area contributed by atoms with E-state index in [0.29, 0.717) is 17.4 Å². The summed E-state index contributed by atoms with van der Waals surface area (Å²) < 4.78 is 13.7. The molecule has 2 heteroatoms. The van der Waals surface area contributed by atoms with Gasteiger partial charge in [0.15, 0.2) is 0 Å². The van der Waals surface area contributed by atoms with E-state index in [4.69, 9.17) is 0 Å². The van der Waals surface area contributed by atoms with E-state index in [2.05, 4.69) is 19.2 Å². The van der Waals surface area contributed by atoms with Crippen LogP contribution in [0.3, 0.4) is 0 Å². The molecule has 1 aromatic carbocycles. The third-order valence-corrected chi connectivity index (χ3v) is 5.34. The van der Waals surface area contributed by atoms with Crippen molar-refractivity contribution in [3.8, 4) is 0 Å². The van der Waals surface area contributed by atoms with Gasteiger partial charge in [-0.2, -0.15) is 0 Å². The van der Waals surface area contributed by atoms with Crippen molar-refractivity contribution >= 4 is 0 Å². The number of rotatable bonds is 5. The maximum Gasteiger partial charge on any atom is 0.126 e. The standard InChI is InChI=1S/C17H24FN/c1-12(2)17(7-8-17)11-19-14-9-13(10-14)15-5-3-4-6-16(15)18/h3-6,12-14,19H,7-11H2,1-2H3. The van der Waals surface area contributed by atoms with E-state index in [-0.39, 0.29) is 5.82 Å².